The van der Waals surface area contributed by atoms with E-state index in [1.807, 2.05) is 130 Å². The molecule has 3 aromatic rings. The van der Waals surface area contributed by atoms with E-state index in [1.54, 1.807) is 0 Å². The number of azo groups is 2. The van der Waals surface area contributed by atoms with Crippen molar-refractivity contribution in [2.75, 3.05) is 80.5 Å². The molecule has 2 aromatic carbocycles. The van der Waals surface area contributed by atoms with Crippen molar-refractivity contribution in [3.63, 3.8) is 0 Å². The zero-order valence-electron chi connectivity index (χ0n) is 27.4. The fourth-order valence-corrected chi connectivity index (χ4v) is 6.26. The van der Waals surface area contributed by atoms with Crippen LogP contribution in [0.1, 0.15) is 6.92 Å². The Morgan fingerprint density at radius 2 is 1.17 bits per heavy atom. The van der Waals surface area contributed by atoms with Crippen molar-refractivity contribution in [1.29, 1.82) is 0 Å². The molecule has 0 unspecified atom stereocenters. The minimum atomic E-state index is 0.0228. The first-order valence-electron chi connectivity index (χ1n) is 15.9. The van der Waals surface area contributed by atoms with Crippen LogP contribution in [0.15, 0.2) is 118 Å². The van der Waals surface area contributed by atoms with Gasteiger partial charge in [0.05, 0.1) is 54.9 Å². The molecule has 0 saturated carbocycles. The van der Waals surface area contributed by atoms with Crippen LogP contribution in [0, 0.1) is 0 Å². The highest BCUT2D eigenvalue weighted by Gasteiger charge is 2.07. The SMILES string of the molecule is C/C=C(\C=C/NCCSSCC[n+]1ccc(/N=N/c2ccc(N(CCO)CCO)cc2)cc1)/N=N/c1ccc(N(CCO)CCO)cc1. The average molecular weight is 696 g/mol. The highest BCUT2D eigenvalue weighted by molar-refractivity contribution is 8.76. The van der Waals surface area contributed by atoms with Gasteiger partial charge in [0.1, 0.15) is 0 Å². The van der Waals surface area contributed by atoms with Crippen molar-refractivity contribution in [2.24, 2.45) is 20.5 Å². The summed E-state index contributed by atoms with van der Waals surface area (Å²) in [7, 11) is 3.67. The van der Waals surface area contributed by atoms with Crippen LogP contribution in [0.5, 0.6) is 0 Å². The van der Waals surface area contributed by atoms with E-state index in [4.69, 9.17) is 0 Å². The van der Waals surface area contributed by atoms with Gasteiger partial charge in [-0.1, -0.05) is 27.7 Å². The van der Waals surface area contributed by atoms with E-state index in [1.165, 1.54) is 0 Å². The lowest BCUT2D eigenvalue weighted by molar-refractivity contribution is -0.692. The van der Waals surface area contributed by atoms with Crippen LogP contribution >= 0.6 is 21.6 Å². The normalized spacial score (nSPS) is 12.1. The van der Waals surface area contributed by atoms with Gasteiger partial charge in [0.15, 0.2) is 18.9 Å². The summed E-state index contributed by atoms with van der Waals surface area (Å²) < 4.78 is 2.13. The van der Waals surface area contributed by atoms with Crippen LogP contribution in [-0.2, 0) is 6.54 Å². The fourth-order valence-electron chi connectivity index (χ4n) is 4.36. The van der Waals surface area contributed by atoms with Gasteiger partial charge in [-0.05, 0) is 67.7 Å². The highest BCUT2D eigenvalue weighted by atomic mass is 33.1. The van der Waals surface area contributed by atoms with Crippen molar-refractivity contribution >= 4 is 50.0 Å². The first kappa shape index (κ1) is 38.7. The Kier molecular flexibility index (Phi) is 18.9. The molecule has 0 bridgehead atoms. The number of aliphatic hydroxyl groups is 4. The minimum Gasteiger partial charge on any atom is -0.395 e. The van der Waals surface area contributed by atoms with Gasteiger partial charge in [-0.25, -0.2) is 4.57 Å². The molecule has 3 rings (SSSR count). The van der Waals surface area contributed by atoms with Gasteiger partial charge in [0, 0.05) is 62.0 Å². The second kappa shape index (κ2) is 23.5. The molecule has 258 valence electrons. The summed E-state index contributed by atoms with van der Waals surface area (Å²) in [4.78, 5) is 3.83. The van der Waals surface area contributed by atoms with Crippen LogP contribution in [0.25, 0.3) is 0 Å². The number of pyridine rings is 1. The molecule has 0 amide bonds. The summed E-state index contributed by atoms with van der Waals surface area (Å²) in [5.74, 6) is 1.94. The molecule has 5 N–H and O–H groups in total. The van der Waals surface area contributed by atoms with E-state index in [9.17, 15) is 20.4 Å². The molecule has 14 heteroatoms. The third kappa shape index (κ3) is 14.5. The molecule has 0 spiro atoms. The summed E-state index contributed by atoms with van der Waals surface area (Å²) in [6, 6.07) is 19.0. The van der Waals surface area contributed by atoms with Crippen molar-refractivity contribution < 1.29 is 25.0 Å². The van der Waals surface area contributed by atoms with E-state index < -0.39 is 0 Å². The Morgan fingerprint density at radius 3 is 1.67 bits per heavy atom. The lowest BCUT2D eigenvalue weighted by Gasteiger charge is -2.22. The Bertz CT molecular complexity index is 1410. The van der Waals surface area contributed by atoms with Crippen molar-refractivity contribution in [3.05, 3.63) is 97.1 Å². The zero-order chi connectivity index (χ0) is 34.2. The smallest absolute Gasteiger partial charge is 0.171 e. The topological polar surface area (TPSA) is 153 Å². The van der Waals surface area contributed by atoms with Gasteiger partial charge >= 0.3 is 0 Å². The molecular weight excluding hydrogens is 649 g/mol. The van der Waals surface area contributed by atoms with Gasteiger partial charge in [-0.2, -0.15) is 20.5 Å². The van der Waals surface area contributed by atoms with Gasteiger partial charge < -0.3 is 35.5 Å². The second-order valence-corrected chi connectivity index (χ2v) is 12.9. The first-order chi connectivity index (χ1) is 23.6. The monoisotopic (exact) mass is 695 g/mol. The number of benzene rings is 2. The van der Waals surface area contributed by atoms with Crippen LogP contribution in [0.2, 0.25) is 0 Å². The Morgan fingerprint density at radius 1 is 0.688 bits per heavy atom. The Labute approximate surface area is 291 Å². The maximum absolute atomic E-state index is 9.23. The molecule has 0 saturated heterocycles. The summed E-state index contributed by atoms with van der Waals surface area (Å²) in [6.45, 7) is 5.59. The number of rotatable bonds is 23. The summed E-state index contributed by atoms with van der Waals surface area (Å²) >= 11 is 0. The molecule has 0 atom stereocenters. The van der Waals surface area contributed by atoms with Crippen LogP contribution in [-0.4, -0.2) is 91.1 Å². The number of hydrogen-bond acceptors (Lipinski definition) is 13. The maximum atomic E-state index is 9.23. The second-order valence-electron chi connectivity index (χ2n) is 10.2. The first-order valence-corrected chi connectivity index (χ1v) is 18.4. The van der Waals surface area contributed by atoms with Crippen LogP contribution < -0.4 is 19.7 Å². The number of aryl methyl sites for hydroxylation is 1. The molecule has 0 fully saturated rings. The fraction of sp³-hybridized carbons (Fsp3) is 0.382. The van der Waals surface area contributed by atoms with Gasteiger partial charge in [0.2, 0.25) is 0 Å². The Hall–Kier alpha value is -3.79. The standard InChI is InChI=1S/C34H47N8O4S2/c1-2-29(36-37-30-3-7-33(8-4-30)41(18-23-43)19-24-44)11-14-35-15-27-47-48-28-22-40-16-12-32(13-17-40)39-38-31-5-9-34(10-6-31)42(20-25-45)21-26-46/h2-14,16-17,35,43-46H,15,18-28H2,1H3/q+1/b14-11-,29-2+,37-36+. The van der Waals surface area contributed by atoms with Gasteiger partial charge in [-0.15, -0.1) is 0 Å². The van der Waals surface area contributed by atoms with Gasteiger partial charge in [-0.3, -0.25) is 0 Å². The number of aliphatic hydroxyl groups excluding tert-OH is 4. The zero-order valence-corrected chi connectivity index (χ0v) is 29.0. The van der Waals surface area contributed by atoms with Crippen molar-refractivity contribution in [3.8, 4) is 0 Å². The number of hydrogen-bond donors (Lipinski definition) is 5. The molecule has 1 heterocycles. The van der Waals surface area contributed by atoms with E-state index in [-0.39, 0.29) is 26.4 Å². The molecule has 0 aliphatic rings. The third-order valence-corrected chi connectivity index (χ3v) is 9.25. The quantitative estimate of drug-likeness (QED) is 0.0298. The van der Waals surface area contributed by atoms with E-state index in [0.29, 0.717) is 26.2 Å². The van der Waals surface area contributed by atoms with E-state index >= 15 is 0 Å². The molecule has 1 aromatic heterocycles. The third-order valence-electron chi connectivity index (χ3n) is 6.86. The van der Waals surface area contributed by atoms with Crippen molar-refractivity contribution in [2.45, 2.75) is 13.5 Å². The van der Waals surface area contributed by atoms with E-state index in [0.717, 1.165) is 58.7 Å². The Balaban J connectivity index is 1.30. The molecule has 48 heavy (non-hydrogen) atoms. The molecule has 12 nitrogen and oxygen atoms in total. The number of nitrogens with zero attached hydrogens (tertiary/aromatic N) is 7. The minimum absolute atomic E-state index is 0.0228. The number of allylic oxidation sites excluding steroid dienone is 2. The number of nitrogens with one attached hydrogen (secondary N) is 1. The average Bonchev–Trinajstić information content (AvgIpc) is 3.12. The van der Waals surface area contributed by atoms with E-state index in [2.05, 4.69) is 30.3 Å². The molecule has 0 aliphatic carbocycles. The molecule has 0 radical (unpaired) electrons. The van der Waals surface area contributed by atoms with Crippen LogP contribution in [0.4, 0.5) is 28.4 Å². The number of aromatic nitrogens is 1. The molecule has 0 aliphatic heterocycles. The lowest BCUT2D eigenvalue weighted by Crippen LogP contribution is -2.33. The number of anilines is 2. The lowest BCUT2D eigenvalue weighted by atomic mass is 10.2. The molecular formula is C34H47N8O4S2+. The van der Waals surface area contributed by atoms with Crippen LogP contribution in [0.3, 0.4) is 0 Å². The predicted molar refractivity (Wildman–Crippen MR) is 197 cm³/mol. The predicted octanol–water partition coefficient (Wildman–Crippen LogP) is 5.14. The van der Waals surface area contributed by atoms with Crippen molar-refractivity contribution in [1.82, 2.24) is 5.32 Å². The highest BCUT2D eigenvalue weighted by Crippen LogP contribution is 2.23. The van der Waals surface area contributed by atoms with Gasteiger partial charge in [0.25, 0.3) is 0 Å². The largest absolute Gasteiger partial charge is 0.395 e. The summed E-state index contributed by atoms with van der Waals surface area (Å²) in [5.41, 5.74) is 4.81. The summed E-state index contributed by atoms with van der Waals surface area (Å²) in [6.07, 6.45) is 9.69. The summed E-state index contributed by atoms with van der Waals surface area (Å²) in [5, 5.41) is 57.5. The maximum Gasteiger partial charge on any atom is 0.171 e.